The number of carbonyl (C=O) groups is 1. The molecule has 7 N–H and O–H groups in total. The van der Waals surface area contributed by atoms with Crippen molar-refractivity contribution >= 4 is 29.1 Å². The van der Waals surface area contributed by atoms with Gasteiger partial charge < -0.3 is 32.2 Å². The first-order chi connectivity index (χ1) is 14.9. The quantitative estimate of drug-likeness (QED) is 0.383. The van der Waals surface area contributed by atoms with E-state index in [1.165, 1.54) is 6.21 Å². The second-order valence-electron chi connectivity index (χ2n) is 7.58. The van der Waals surface area contributed by atoms with E-state index in [4.69, 9.17) is 16.2 Å². The Labute approximate surface area is 182 Å². The Kier molecular flexibility index (Phi) is 6.97. The van der Waals surface area contributed by atoms with Gasteiger partial charge in [0.05, 0.1) is 18.2 Å². The molecule has 0 radical (unpaired) electrons. The summed E-state index contributed by atoms with van der Waals surface area (Å²) in [5.74, 6) is -0.852. The fourth-order valence-electron chi connectivity index (χ4n) is 3.86. The molecule has 1 unspecified atom stereocenters. The van der Waals surface area contributed by atoms with E-state index in [0.717, 1.165) is 57.9 Å². The molecule has 0 aliphatic carbocycles. The first-order valence-electron chi connectivity index (χ1n) is 10.2. The predicted octanol–water partition coefficient (Wildman–Crippen LogP) is 3.32. The minimum atomic E-state index is -0.852. The molecule has 0 saturated heterocycles. The van der Waals surface area contributed by atoms with E-state index in [9.17, 15) is 4.79 Å². The number of aliphatic carboxylic acids is 1. The van der Waals surface area contributed by atoms with Crippen molar-refractivity contribution in [1.82, 2.24) is 10.6 Å². The van der Waals surface area contributed by atoms with E-state index >= 15 is 0 Å². The number of carboxylic acids is 1. The number of hydrogen-bond donors (Lipinski definition) is 6. The Bertz CT molecular complexity index is 1040. The molecule has 31 heavy (non-hydrogen) atoms. The van der Waals surface area contributed by atoms with Gasteiger partial charge in [-0.2, -0.15) is 0 Å². The zero-order valence-electron chi connectivity index (χ0n) is 17.8. The number of anilines is 1. The van der Waals surface area contributed by atoms with Gasteiger partial charge >= 0.3 is 5.97 Å². The second kappa shape index (κ2) is 9.84. The number of fused-ring (bicyclic) bond motifs is 1. The van der Waals surface area contributed by atoms with Gasteiger partial charge in [0.15, 0.2) is 0 Å². The monoisotopic (exact) mass is 419 g/mol. The summed E-state index contributed by atoms with van der Waals surface area (Å²) in [5, 5.41) is 26.9. The molecular formula is C24H29N5O2. The molecule has 1 atom stereocenters. The van der Waals surface area contributed by atoms with Crippen molar-refractivity contribution in [3.63, 3.8) is 0 Å². The Morgan fingerprint density at radius 1 is 1.32 bits per heavy atom. The fraction of sp³-hybridized carbons (Fsp3) is 0.250. The molecule has 0 saturated carbocycles. The third kappa shape index (κ3) is 5.25. The van der Waals surface area contributed by atoms with Gasteiger partial charge in [0, 0.05) is 48.5 Å². The van der Waals surface area contributed by atoms with Crippen LogP contribution < -0.4 is 21.7 Å². The van der Waals surface area contributed by atoms with Crippen LogP contribution in [0.1, 0.15) is 41.6 Å². The van der Waals surface area contributed by atoms with Crippen LogP contribution in [-0.4, -0.2) is 30.9 Å². The molecule has 1 aliphatic heterocycles. The van der Waals surface area contributed by atoms with Crippen LogP contribution >= 0.6 is 0 Å². The van der Waals surface area contributed by atoms with Crippen molar-refractivity contribution in [3.05, 3.63) is 76.6 Å². The third-order valence-corrected chi connectivity index (χ3v) is 5.24. The van der Waals surface area contributed by atoms with Crippen LogP contribution in [0, 0.1) is 5.41 Å². The standard InChI is InChI=1S/C24H29N5O2/c1-15(26)24-20-7-6-17(18(13-25)14-27-2)12-21(20)22(8-9-28-24)29-19-5-3-4-16(10-19)11-23(30)31/h3-7,10,12-14,22,25,27-29H,8-9,11,26H2,1-2H3,(H,30,31)/b18-14+,24-15-,25-13?. The number of hydrogen-bond acceptors (Lipinski definition) is 6. The first-order valence-corrected chi connectivity index (χ1v) is 10.2. The van der Waals surface area contributed by atoms with Crippen LogP contribution in [0.3, 0.4) is 0 Å². The van der Waals surface area contributed by atoms with Crippen LogP contribution in [-0.2, 0) is 11.2 Å². The number of benzene rings is 2. The summed E-state index contributed by atoms with van der Waals surface area (Å²) in [5.41, 5.74) is 13.2. The maximum Gasteiger partial charge on any atom is 0.307 e. The minimum absolute atomic E-state index is 0.0130. The summed E-state index contributed by atoms with van der Waals surface area (Å²) >= 11 is 0. The lowest BCUT2D eigenvalue weighted by Gasteiger charge is -2.22. The second-order valence-corrected chi connectivity index (χ2v) is 7.58. The number of allylic oxidation sites excluding steroid dienone is 2. The smallest absolute Gasteiger partial charge is 0.307 e. The zero-order valence-corrected chi connectivity index (χ0v) is 17.8. The molecule has 162 valence electrons. The number of rotatable bonds is 7. The fourth-order valence-corrected chi connectivity index (χ4v) is 3.86. The average Bonchev–Trinajstić information content (AvgIpc) is 2.91. The van der Waals surface area contributed by atoms with E-state index in [1.54, 1.807) is 6.20 Å². The van der Waals surface area contributed by atoms with Gasteiger partial charge in [0.1, 0.15) is 0 Å². The molecule has 2 aromatic rings. The summed E-state index contributed by atoms with van der Waals surface area (Å²) in [4.78, 5) is 11.1. The highest BCUT2D eigenvalue weighted by Crippen LogP contribution is 2.34. The van der Waals surface area contributed by atoms with Gasteiger partial charge in [0.25, 0.3) is 0 Å². The Balaban J connectivity index is 2.05. The van der Waals surface area contributed by atoms with Crippen molar-refractivity contribution in [2.75, 3.05) is 18.9 Å². The average molecular weight is 420 g/mol. The third-order valence-electron chi connectivity index (χ3n) is 5.24. The van der Waals surface area contributed by atoms with Crippen LogP contribution in [0.15, 0.2) is 54.4 Å². The molecule has 7 heteroatoms. The summed E-state index contributed by atoms with van der Waals surface area (Å²) < 4.78 is 0. The molecular weight excluding hydrogens is 390 g/mol. The maximum atomic E-state index is 11.1. The lowest BCUT2D eigenvalue weighted by atomic mass is 9.92. The van der Waals surface area contributed by atoms with Gasteiger partial charge in [-0.3, -0.25) is 4.79 Å². The van der Waals surface area contributed by atoms with Gasteiger partial charge in [-0.1, -0.05) is 24.3 Å². The van der Waals surface area contributed by atoms with Crippen LogP contribution in [0.25, 0.3) is 11.3 Å². The number of carboxylic acid groups (broad SMARTS) is 1. The lowest BCUT2D eigenvalue weighted by Crippen LogP contribution is -2.16. The van der Waals surface area contributed by atoms with Crippen molar-refractivity contribution in [1.29, 1.82) is 5.41 Å². The number of nitrogens with one attached hydrogen (secondary N) is 4. The van der Waals surface area contributed by atoms with E-state index in [2.05, 4.69) is 22.0 Å². The van der Waals surface area contributed by atoms with Gasteiger partial charge in [0.2, 0.25) is 0 Å². The van der Waals surface area contributed by atoms with E-state index in [-0.39, 0.29) is 12.5 Å². The highest BCUT2D eigenvalue weighted by atomic mass is 16.4. The highest BCUT2D eigenvalue weighted by molar-refractivity contribution is 6.08. The SMILES string of the molecule is CN/C=C(\C=N)c1ccc2c(c1)C(Nc1cccc(CC(=O)O)c1)CCN/C2=C(/C)N. The molecule has 7 nitrogen and oxygen atoms in total. The van der Waals surface area contributed by atoms with Crippen molar-refractivity contribution in [2.24, 2.45) is 5.73 Å². The summed E-state index contributed by atoms with van der Waals surface area (Å²) in [6, 6.07) is 13.6. The van der Waals surface area contributed by atoms with Gasteiger partial charge in [-0.25, -0.2) is 0 Å². The van der Waals surface area contributed by atoms with Crippen LogP contribution in [0.4, 0.5) is 5.69 Å². The van der Waals surface area contributed by atoms with Gasteiger partial charge in [-0.15, -0.1) is 0 Å². The summed E-state index contributed by atoms with van der Waals surface area (Å²) in [6.07, 6.45) is 3.92. The Morgan fingerprint density at radius 3 is 2.81 bits per heavy atom. The maximum absolute atomic E-state index is 11.1. The Hall–Kier alpha value is -3.74. The van der Waals surface area contributed by atoms with Crippen molar-refractivity contribution in [2.45, 2.75) is 25.8 Å². The highest BCUT2D eigenvalue weighted by Gasteiger charge is 2.23. The van der Waals surface area contributed by atoms with Crippen LogP contribution in [0.5, 0.6) is 0 Å². The lowest BCUT2D eigenvalue weighted by molar-refractivity contribution is -0.136. The normalized spacial score (nSPS) is 17.6. The molecule has 1 aliphatic rings. The molecule has 0 bridgehead atoms. The Morgan fingerprint density at radius 2 is 2.13 bits per heavy atom. The van der Waals surface area contributed by atoms with Crippen LogP contribution in [0.2, 0.25) is 0 Å². The topological polar surface area (TPSA) is 123 Å². The minimum Gasteiger partial charge on any atom is -0.481 e. The summed E-state index contributed by atoms with van der Waals surface area (Å²) in [7, 11) is 1.81. The molecule has 3 rings (SSSR count). The molecule has 1 heterocycles. The molecule has 2 aromatic carbocycles. The van der Waals surface area contributed by atoms with Crippen molar-refractivity contribution in [3.8, 4) is 0 Å². The molecule has 0 spiro atoms. The van der Waals surface area contributed by atoms with E-state index < -0.39 is 5.97 Å². The number of nitrogens with two attached hydrogens (primary N) is 1. The van der Waals surface area contributed by atoms with E-state index in [0.29, 0.717) is 0 Å². The first kappa shape index (κ1) is 22.0. The molecule has 0 amide bonds. The van der Waals surface area contributed by atoms with Crippen molar-refractivity contribution < 1.29 is 9.90 Å². The summed E-state index contributed by atoms with van der Waals surface area (Å²) in [6.45, 7) is 2.62. The molecule has 0 fully saturated rings. The molecule has 0 aromatic heterocycles. The largest absolute Gasteiger partial charge is 0.481 e. The van der Waals surface area contributed by atoms with Gasteiger partial charge in [-0.05, 0) is 48.2 Å². The zero-order chi connectivity index (χ0) is 22.4. The van der Waals surface area contributed by atoms with E-state index in [1.807, 2.05) is 50.4 Å². The predicted molar refractivity (Wildman–Crippen MR) is 126 cm³/mol.